The van der Waals surface area contributed by atoms with Crippen LogP contribution in [0, 0.1) is 6.92 Å². The highest BCUT2D eigenvalue weighted by molar-refractivity contribution is 5.74. The van der Waals surface area contributed by atoms with Gasteiger partial charge in [-0.15, -0.1) is 0 Å². The Morgan fingerprint density at radius 1 is 1.00 bits per heavy atom. The molecule has 2 saturated heterocycles. The highest BCUT2D eigenvalue weighted by atomic mass is 16.5. The average molecular weight is 348 g/mol. The van der Waals surface area contributed by atoms with E-state index in [2.05, 4.69) is 11.9 Å². The number of likely N-dealkylation sites (tertiary alicyclic amines) is 1. The number of nitrogens with zero attached hydrogens (tertiary/aromatic N) is 4. The Balaban J connectivity index is 1.52. The number of amides is 2. The molecule has 3 rings (SSSR count). The van der Waals surface area contributed by atoms with E-state index in [0.717, 1.165) is 44.7 Å². The van der Waals surface area contributed by atoms with Crippen molar-refractivity contribution in [3.8, 4) is 5.75 Å². The van der Waals surface area contributed by atoms with Crippen molar-refractivity contribution >= 4 is 6.03 Å². The predicted octanol–water partition coefficient (Wildman–Crippen LogP) is 0.904. The third-order valence-corrected chi connectivity index (χ3v) is 5.27. The molecule has 0 N–H and O–H groups in total. The zero-order chi connectivity index (χ0) is 18.0. The SMILES string of the molecule is Cc1cc(OC2CCN(C(=O)N3CCN(C)CC3)CC2)cc(=O)n1C. The molecule has 138 valence electrons. The van der Waals surface area contributed by atoms with Crippen LogP contribution in [0.15, 0.2) is 16.9 Å². The number of carbonyl (C=O) groups is 1. The number of piperidine rings is 1. The molecule has 0 atom stereocenters. The number of urea groups is 1. The van der Waals surface area contributed by atoms with Crippen molar-refractivity contribution in [1.29, 1.82) is 0 Å². The third kappa shape index (κ3) is 4.15. The molecule has 0 aliphatic carbocycles. The quantitative estimate of drug-likeness (QED) is 0.797. The van der Waals surface area contributed by atoms with Crippen LogP contribution in [0.5, 0.6) is 5.75 Å². The second-order valence-corrected chi connectivity index (χ2v) is 7.11. The van der Waals surface area contributed by atoms with Gasteiger partial charge in [-0.3, -0.25) is 4.79 Å². The molecule has 2 fully saturated rings. The summed E-state index contributed by atoms with van der Waals surface area (Å²) in [6.07, 6.45) is 1.66. The van der Waals surface area contributed by atoms with E-state index in [1.807, 2.05) is 22.8 Å². The lowest BCUT2D eigenvalue weighted by atomic mass is 10.1. The van der Waals surface area contributed by atoms with Crippen molar-refractivity contribution in [2.45, 2.75) is 25.9 Å². The molecule has 1 aromatic heterocycles. The summed E-state index contributed by atoms with van der Waals surface area (Å²) < 4.78 is 7.59. The fraction of sp³-hybridized carbons (Fsp3) is 0.667. The Labute approximate surface area is 148 Å². The van der Waals surface area contributed by atoms with E-state index < -0.39 is 0 Å². The molecule has 25 heavy (non-hydrogen) atoms. The second kappa shape index (κ2) is 7.47. The molecule has 3 heterocycles. The molecule has 0 unspecified atom stereocenters. The van der Waals surface area contributed by atoms with Crippen molar-refractivity contribution in [2.24, 2.45) is 7.05 Å². The normalized spacial score (nSPS) is 20.0. The fourth-order valence-electron chi connectivity index (χ4n) is 3.36. The van der Waals surface area contributed by atoms with Gasteiger partial charge in [-0.2, -0.15) is 0 Å². The van der Waals surface area contributed by atoms with Gasteiger partial charge in [0.2, 0.25) is 0 Å². The molecule has 7 heteroatoms. The molecule has 0 aromatic carbocycles. The molecule has 2 aliphatic heterocycles. The number of ether oxygens (including phenoxy) is 1. The fourth-order valence-corrected chi connectivity index (χ4v) is 3.36. The molecule has 0 radical (unpaired) electrons. The maximum atomic E-state index is 12.6. The van der Waals surface area contributed by atoms with Crippen LogP contribution in [-0.4, -0.2) is 77.7 Å². The monoisotopic (exact) mass is 348 g/mol. The van der Waals surface area contributed by atoms with Crippen molar-refractivity contribution in [3.05, 3.63) is 28.2 Å². The van der Waals surface area contributed by atoms with Crippen LogP contribution >= 0.6 is 0 Å². The van der Waals surface area contributed by atoms with Crippen LogP contribution < -0.4 is 10.3 Å². The number of aromatic nitrogens is 1. The van der Waals surface area contributed by atoms with E-state index in [9.17, 15) is 9.59 Å². The lowest BCUT2D eigenvalue weighted by molar-refractivity contribution is 0.0839. The summed E-state index contributed by atoms with van der Waals surface area (Å²) in [6, 6.07) is 3.58. The van der Waals surface area contributed by atoms with E-state index in [4.69, 9.17) is 4.74 Å². The van der Waals surface area contributed by atoms with Gasteiger partial charge in [0.1, 0.15) is 11.9 Å². The van der Waals surface area contributed by atoms with Gasteiger partial charge in [0.15, 0.2) is 0 Å². The minimum absolute atomic E-state index is 0.0577. The Morgan fingerprint density at radius 2 is 1.60 bits per heavy atom. The summed E-state index contributed by atoms with van der Waals surface area (Å²) in [7, 11) is 3.84. The van der Waals surface area contributed by atoms with Crippen LogP contribution in [0.2, 0.25) is 0 Å². The first kappa shape index (κ1) is 17.8. The zero-order valence-electron chi connectivity index (χ0n) is 15.4. The topological polar surface area (TPSA) is 58.0 Å². The lowest BCUT2D eigenvalue weighted by Crippen LogP contribution is -2.54. The number of pyridine rings is 1. The molecular weight excluding hydrogens is 320 g/mol. The number of hydrogen-bond acceptors (Lipinski definition) is 4. The van der Waals surface area contributed by atoms with E-state index in [1.54, 1.807) is 11.6 Å². The van der Waals surface area contributed by atoms with Gasteiger partial charge in [0, 0.05) is 70.9 Å². The van der Waals surface area contributed by atoms with Gasteiger partial charge >= 0.3 is 6.03 Å². The molecule has 2 aliphatic rings. The first-order valence-electron chi connectivity index (χ1n) is 9.01. The predicted molar refractivity (Wildman–Crippen MR) is 96.1 cm³/mol. The Kier molecular flexibility index (Phi) is 5.32. The van der Waals surface area contributed by atoms with E-state index in [-0.39, 0.29) is 17.7 Å². The maximum absolute atomic E-state index is 12.6. The molecule has 0 saturated carbocycles. The van der Waals surface area contributed by atoms with Crippen LogP contribution in [0.3, 0.4) is 0 Å². The van der Waals surface area contributed by atoms with Crippen LogP contribution in [-0.2, 0) is 7.05 Å². The summed E-state index contributed by atoms with van der Waals surface area (Å²) in [5, 5.41) is 0. The third-order valence-electron chi connectivity index (χ3n) is 5.27. The number of aryl methyl sites for hydroxylation is 1. The summed E-state index contributed by atoms with van der Waals surface area (Å²) in [5.41, 5.74) is 0.822. The summed E-state index contributed by atoms with van der Waals surface area (Å²) in [6.45, 7) is 6.79. The first-order chi connectivity index (χ1) is 11.9. The second-order valence-electron chi connectivity index (χ2n) is 7.11. The molecule has 0 bridgehead atoms. The number of likely N-dealkylation sites (N-methyl/N-ethyl adjacent to an activating group) is 1. The number of hydrogen-bond donors (Lipinski definition) is 0. The number of piperazine rings is 1. The van der Waals surface area contributed by atoms with Crippen molar-refractivity contribution in [2.75, 3.05) is 46.3 Å². The average Bonchev–Trinajstić information content (AvgIpc) is 2.60. The van der Waals surface area contributed by atoms with Crippen LogP contribution in [0.1, 0.15) is 18.5 Å². The molecule has 1 aromatic rings. The Hall–Kier alpha value is -2.02. The summed E-state index contributed by atoms with van der Waals surface area (Å²) >= 11 is 0. The van der Waals surface area contributed by atoms with Gasteiger partial charge in [-0.05, 0) is 20.0 Å². The first-order valence-corrected chi connectivity index (χ1v) is 9.01. The molecule has 2 amide bonds. The van der Waals surface area contributed by atoms with Gasteiger partial charge < -0.3 is 24.0 Å². The standard InChI is InChI=1S/C18H28N4O3/c1-14-12-16(13-17(23)20(14)3)25-15-4-6-21(7-5-15)18(24)22-10-8-19(2)9-11-22/h12-13,15H,4-11H2,1-3H3. The largest absolute Gasteiger partial charge is 0.490 e. The van der Waals surface area contributed by atoms with Crippen LogP contribution in [0.4, 0.5) is 4.79 Å². The number of carbonyl (C=O) groups excluding carboxylic acids is 1. The lowest BCUT2D eigenvalue weighted by Gasteiger charge is -2.38. The summed E-state index contributed by atoms with van der Waals surface area (Å²) in [4.78, 5) is 30.6. The van der Waals surface area contributed by atoms with E-state index >= 15 is 0 Å². The van der Waals surface area contributed by atoms with E-state index in [1.165, 1.54) is 6.07 Å². The zero-order valence-corrected chi connectivity index (χ0v) is 15.4. The highest BCUT2D eigenvalue weighted by Crippen LogP contribution is 2.20. The van der Waals surface area contributed by atoms with Crippen LogP contribution in [0.25, 0.3) is 0 Å². The van der Waals surface area contributed by atoms with Crippen molar-refractivity contribution in [1.82, 2.24) is 19.3 Å². The van der Waals surface area contributed by atoms with E-state index in [0.29, 0.717) is 18.8 Å². The molecule has 7 nitrogen and oxygen atoms in total. The minimum atomic E-state index is -0.0577. The van der Waals surface area contributed by atoms with Crippen molar-refractivity contribution in [3.63, 3.8) is 0 Å². The maximum Gasteiger partial charge on any atom is 0.320 e. The molecular formula is C18H28N4O3. The smallest absolute Gasteiger partial charge is 0.320 e. The van der Waals surface area contributed by atoms with Gasteiger partial charge in [-0.1, -0.05) is 0 Å². The highest BCUT2D eigenvalue weighted by Gasteiger charge is 2.28. The minimum Gasteiger partial charge on any atom is -0.490 e. The summed E-state index contributed by atoms with van der Waals surface area (Å²) in [5.74, 6) is 0.629. The van der Waals surface area contributed by atoms with Crippen molar-refractivity contribution < 1.29 is 9.53 Å². The molecule has 0 spiro atoms. The van der Waals surface area contributed by atoms with Gasteiger partial charge in [0.25, 0.3) is 5.56 Å². The Bertz CT molecular complexity index is 671. The van der Waals surface area contributed by atoms with Gasteiger partial charge in [0.05, 0.1) is 0 Å². The number of rotatable bonds is 2. The Morgan fingerprint density at radius 3 is 2.20 bits per heavy atom. The van der Waals surface area contributed by atoms with Gasteiger partial charge in [-0.25, -0.2) is 4.79 Å².